The maximum atomic E-state index is 12.5. The molecule has 4 N–H and O–H groups in total. The summed E-state index contributed by atoms with van der Waals surface area (Å²) in [5.41, 5.74) is 0. The summed E-state index contributed by atoms with van der Waals surface area (Å²) in [6, 6.07) is 0. The predicted octanol–water partition coefficient (Wildman–Crippen LogP) is 9.38. The zero-order valence-corrected chi connectivity index (χ0v) is 34.5. The van der Waals surface area contributed by atoms with E-state index in [9.17, 15) is 29.2 Å². The Labute approximate surface area is 326 Å². The quantitative estimate of drug-likeness (QED) is 0.0208. The van der Waals surface area contributed by atoms with E-state index in [0.29, 0.717) is 32.1 Å². The lowest BCUT2D eigenvalue weighted by molar-refractivity contribution is -0.161. The number of ether oxygens (including phenoxy) is 2. The Balaban J connectivity index is 2.28. The average molecular weight is 787 g/mol. The van der Waals surface area contributed by atoms with Crippen LogP contribution in [0.3, 0.4) is 0 Å². The van der Waals surface area contributed by atoms with Gasteiger partial charge in [-0.15, -0.1) is 0 Å². The van der Waals surface area contributed by atoms with Crippen molar-refractivity contribution in [3.8, 4) is 0 Å². The fourth-order valence-corrected chi connectivity index (χ4v) is 7.19. The van der Waals surface area contributed by atoms with Gasteiger partial charge < -0.3 is 29.5 Å². The molecule has 0 radical (unpaired) electrons. The third-order valence-corrected chi connectivity index (χ3v) is 10.6. The van der Waals surface area contributed by atoms with Gasteiger partial charge in [0, 0.05) is 31.1 Å². The van der Waals surface area contributed by atoms with Crippen molar-refractivity contribution in [3.63, 3.8) is 0 Å². The number of unbranched alkanes of at least 4 members (excludes halogenated alkanes) is 18. The number of rotatable bonds is 35. The third-order valence-electron chi connectivity index (χ3n) is 10.1. The molecule has 0 spiro atoms. The van der Waals surface area contributed by atoms with Gasteiger partial charge >= 0.3 is 19.8 Å². The second kappa shape index (κ2) is 32.2. The number of aliphatic hydroxyl groups excluding tert-OH is 2. The topological polar surface area (TPSA) is 177 Å². The molecule has 1 aliphatic rings. The molecule has 1 fully saturated rings. The van der Waals surface area contributed by atoms with E-state index in [0.717, 1.165) is 38.5 Å². The summed E-state index contributed by atoms with van der Waals surface area (Å²) in [6.45, 7) is 3.36. The third kappa shape index (κ3) is 27.7. The summed E-state index contributed by atoms with van der Waals surface area (Å²) in [5, 5.41) is 20.6. The number of phosphoric acid groups is 1. The van der Waals surface area contributed by atoms with E-state index in [2.05, 4.69) is 18.4 Å². The molecule has 0 amide bonds. The highest BCUT2D eigenvalue weighted by Crippen LogP contribution is 2.36. The molecule has 0 aromatic heterocycles. The van der Waals surface area contributed by atoms with Gasteiger partial charge in [0.25, 0.3) is 0 Å². The highest BCUT2D eigenvalue weighted by atomic mass is 31.2. The number of esters is 2. The van der Waals surface area contributed by atoms with E-state index in [1.54, 1.807) is 12.2 Å². The molecule has 0 saturated heterocycles. The van der Waals surface area contributed by atoms with Crippen molar-refractivity contribution in [1.82, 2.24) is 0 Å². The Morgan fingerprint density at radius 3 is 1.87 bits per heavy atom. The number of carbonyl (C=O) groups is 3. The van der Waals surface area contributed by atoms with E-state index in [1.165, 1.54) is 77.0 Å². The smallest absolute Gasteiger partial charge is 0.462 e. The first-order valence-electron chi connectivity index (χ1n) is 21.2. The molecule has 1 aliphatic carbocycles. The standard InChI is InChI=1S/C42H75O11P/c1-3-5-7-8-9-10-11-12-13-14-15-16-17-18-19-25-29-42(47)53-36(34-52-54(48,49)50)33-51-41(46)28-24-21-20-23-27-37-38(40(45)32-39(37)44)31-30-35(43)26-22-6-4-2/h20,23,30-31,35-38,40,43,45H,3-19,21-22,24-29,32-34H2,1-2H3,(H2,48,49,50)/b23-20-,31-30+/t35-,36+,37+,38+,40+/m0/s1. The zero-order chi connectivity index (χ0) is 39.9. The largest absolute Gasteiger partial charge is 0.469 e. The van der Waals surface area contributed by atoms with Gasteiger partial charge in [-0.05, 0) is 32.1 Å². The lowest BCUT2D eigenvalue weighted by Gasteiger charge is -2.18. The number of allylic oxidation sites excluding steroid dienone is 2. The molecule has 0 aromatic carbocycles. The molecule has 0 heterocycles. The Kier molecular flexibility index (Phi) is 29.9. The van der Waals surface area contributed by atoms with Crippen molar-refractivity contribution in [2.45, 2.75) is 199 Å². The second-order valence-electron chi connectivity index (χ2n) is 15.1. The van der Waals surface area contributed by atoms with Crippen molar-refractivity contribution in [3.05, 3.63) is 24.3 Å². The van der Waals surface area contributed by atoms with Gasteiger partial charge in [0.1, 0.15) is 12.4 Å². The Bertz CT molecular complexity index is 1090. The van der Waals surface area contributed by atoms with Crippen molar-refractivity contribution in [2.75, 3.05) is 13.2 Å². The molecule has 0 bridgehead atoms. The number of Topliss-reactive ketones (excluding diaryl/α,β-unsaturated/α-hetero) is 1. The normalized spacial score (nSPS) is 18.9. The van der Waals surface area contributed by atoms with Crippen LogP contribution in [0.5, 0.6) is 0 Å². The molecular weight excluding hydrogens is 711 g/mol. The van der Waals surface area contributed by atoms with Gasteiger partial charge in [-0.1, -0.05) is 154 Å². The molecule has 5 atom stereocenters. The highest BCUT2D eigenvalue weighted by Gasteiger charge is 2.39. The fraction of sp³-hybridized carbons (Fsp3) is 0.833. The molecule has 314 valence electrons. The highest BCUT2D eigenvalue weighted by molar-refractivity contribution is 7.46. The number of ketones is 1. The average Bonchev–Trinajstić information content (AvgIpc) is 3.40. The van der Waals surface area contributed by atoms with Crippen molar-refractivity contribution in [1.29, 1.82) is 0 Å². The molecule has 11 nitrogen and oxygen atoms in total. The molecular formula is C42H75O11P. The van der Waals surface area contributed by atoms with Gasteiger partial charge in [0.2, 0.25) is 0 Å². The van der Waals surface area contributed by atoms with E-state index >= 15 is 0 Å². The van der Waals surface area contributed by atoms with Crippen molar-refractivity contribution >= 4 is 25.5 Å². The molecule has 1 saturated carbocycles. The van der Waals surface area contributed by atoms with Crippen LogP contribution >= 0.6 is 7.82 Å². The first kappa shape index (κ1) is 50.1. The van der Waals surface area contributed by atoms with E-state index in [-0.39, 0.29) is 43.5 Å². The number of phosphoric ester groups is 1. The van der Waals surface area contributed by atoms with E-state index < -0.39 is 44.7 Å². The van der Waals surface area contributed by atoms with Gasteiger partial charge in [-0.2, -0.15) is 0 Å². The van der Waals surface area contributed by atoms with Gasteiger partial charge in [-0.25, -0.2) is 4.57 Å². The van der Waals surface area contributed by atoms with Crippen LogP contribution < -0.4 is 0 Å². The lowest BCUT2D eigenvalue weighted by atomic mass is 9.90. The Hall–Kier alpha value is -1.88. The minimum Gasteiger partial charge on any atom is -0.462 e. The predicted molar refractivity (Wildman–Crippen MR) is 213 cm³/mol. The van der Waals surface area contributed by atoms with Crippen LogP contribution in [0.2, 0.25) is 0 Å². The van der Waals surface area contributed by atoms with E-state index in [4.69, 9.17) is 19.3 Å². The molecule has 12 heteroatoms. The Morgan fingerprint density at radius 2 is 1.30 bits per heavy atom. The van der Waals surface area contributed by atoms with Crippen LogP contribution in [-0.2, 0) is 32.9 Å². The molecule has 1 rings (SSSR count). The number of aliphatic hydroxyl groups is 2. The maximum Gasteiger partial charge on any atom is 0.469 e. The summed E-state index contributed by atoms with van der Waals surface area (Å²) in [6.07, 6.45) is 29.8. The van der Waals surface area contributed by atoms with Crippen LogP contribution in [0.1, 0.15) is 181 Å². The minimum absolute atomic E-state index is 0.00569. The maximum absolute atomic E-state index is 12.5. The number of hydrogen-bond donors (Lipinski definition) is 4. The SMILES string of the molecule is CCCCCCCCCCCCCCCCCCC(=O)O[C@H](COC(=O)CCC/C=C\C[C@H]1C(=O)C[C@@H](O)[C@@H]1/C=C/[C@@H](O)CCCCC)COP(=O)(O)O. The molecule has 54 heavy (non-hydrogen) atoms. The summed E-state index contributed by atoms with van der Waals surface area (Å²) < 4.78 is 26.3. The molecule has 0 aromatic rings. The van der Waals surface area contributed by atoms with Crippen LogP contribution in [0, 0.1) is 11.8 Å². The number of carbonyl (C=O) groups excluding carboxylic acids is 3. The summed E-state index contributed by atoms with van der Waals surface area (Å²) in [4.78, 5) is 55.5. The first-order valence-corrected chi connectivity index (χ1v) is 22.8. The van der Waals surface area contributed by atoms with Gasteiger partial charge in [0.05, 0.1) is 18.8 Å². The van der Waals surface area contributed by atoms with Crippen molar-refractivity contribution in [2.24, 2.45) is 11.8 Å². The van der Waals surface area contributed by atoms with E-state index in [1.807, 2.05) is 12.2 Å². The summed E-state index contributed by atoms with van der Waals surface area (Å²) in [7, 11) is -4.82. The molecule has 0 unspecified atom stereocenters. The zero-order valence-electron chi connectivity index (χ0n) is 33.6. The number of hydrogen-bond acceptors (Lipinski definition) is 9. The van der Waals surface area contributed by atoms with Gasteiger partial charge in [0.15, 0.2) is 6.10 Å². The summed E-state index contributed by atoms with van der Waals surface area (Å²) in [5.74, 6) is -1.79. The fourth-order valence-electron chi connectivity index (χ4n) is 6.83. The second-order valence-corrected chi connectivity index (χ2v) is 16.3. The van der Waals surface area contributed by atoms with Gasteiger partial charge in [-0.3, -0.25) is 18.9 Å². The van der Waals surface area contributed by atoms with Crippen LogP contribution in [0.4, 0.5) is 0 Å². The lowest BCUT2D eigenvalue weighted by Crippen LogP contribution is -2.29. The monoisotopic (exact) mass is 787 g/mol. The van der Waals surface area contributed by atoms with Crippen molar-refractivity contribution < 1.29 is 52.9 Å². The Morgan fingerprint density at radius 1 is 0.759 bits per heavy atom. The van der Waals surface area contributed by atoms with Crippen LogP contribution in [-0.4, -0.2) is 69.2 Å². The van der Waals surface area contributed by atoms with Crippen LogP contribution in [0.15, 0.2) is 24.3 Å². The minimum atomic E-state index is -4.82. The summed E-state index contributed by atoms with van der Waals surface area (Å²) >= 11 is 0. The van der Waals surface area contributed by atoms with Crippen LogP contribution in [0.25, 0.3) is 0 Å². The first-order chi connectivity index (χ1) is 26.0. The molecule has 0 aliphatic heterocycles.